The lowest BCUT2D eigenvalue weighted by molar-refractivity contribution is 0.111. The molecule has 0 aliphatic rings. The number of para-hydroxylation sites is 2. The minimum atomic E-state index is -1.50. The summed E-state index contributed by atoms with van der Waals surface area (Å²) < 4.78 is 4.00. The van der Waals surface area contributed by atoms with Crippen molar-refractivity contribution in [3.05, 3.63) is 228 Å². The number of carbonyl (C=O) groups is 2. The van der Waals surface area contributed by atoms with Crippen molar-refractivity contribution in [1.82, 2.24) is 29.1 Å². The first-order chi connectivity index (χ1) is 36.6. The van der Waals surface area contributed by atoms with Gasteiger partial charge in [-0.05, 0) is 106 Å². The number of hydrogen-bond donors (Lipinski definition) is 6. The summed E-state index contributed by atoms with van der Waals surface area (Å²) in [6, 6.07) is 46.3. The smallest absolute Gasteiger partial charge is 0.423 e. The second-order valence-electron chi connectivity index (χ2n) is 17.1. The van der Waals surface area contributed by atoms with Crippen LogP contribution in [-0.4, -0.2) is 58.8 Å². The van der Waals surface area contributed by atoms with Gasteiger partial charge in [0.25, 0.3) is 11.1 Å². The predicted molar refractivity (Wildman–Crippen MR) is 306 cm³/mol. The van der Waals surface area contributed by atoms with Gasteiger partial charge in [0, 0.05) is 51.8 Å². The first kappa shape index (κ1) is 53.8. The first-order valence-electron chi connectivity index (χ1n) is 23.3. The number of nitrogen functional groups attached to an aromatic ring is 2. The summed E-state index contributed by atoms with van der Waals surface area (Å²) >= 11 is 16.2. The number of carbonyl (C=O) groups excluding carboxylic acids is 2. The topological polar surface area (TPSA) is 246 Å². The summed E-state index contributed by atoms with van der Waals surface area (Å²) in [4.78, 5) is 65.5. The summed E-state index contributed by atoms with van der Waals surface area (Å²) in [6.45, 7) is 3.89. The largest absolute Gasteiger partial charge is 0.488 e. The van der Waals surface area contributed by atoms with Crippen LogP contribution in [0.2, 0.25) is 10.0 Å². The van der Waals surface area contributed by atoms with Crippen molar-refractivity contribution in [1.29, 1.82) is 0 Å². The van der Waals surface area contributed by atoms with E-state index in [1.54, 1.807) is 64.0 Å². The third-order valence-electron chi connectivity index (χ3n) is 11.9. The average Bonchev–Trinajstić information content (AvgIpc) is 3.48. The molecule has 0 fully saturated rings. The number of halogens is 3. The molecule has 0 saturated carbocycles. The highest BCUT2D eigenvalue weighted by atomic mass is 79.9. The zero-order valence-electron chi connectivity index (χ0n) is 40.6. The molecule has 0 spiro atoms. The third kappa shape index (κ3) is 12.2. The molecular formula is C56H46BBrCl2N10O6. The van der Waals surface area contributed by atoms with Gasteiger partial charge < -0.3 is 32.1 Å². The molecule has 6 aromatic carbocycles. The molecular weight excluding hydrogens is 1070 g/mol. The Morgan fingerprint density at radius 2 is 1.05 bits per heavy atom. The Balaban J connectivity index is 0.000000171. The SMILES string of the molecule is C[C@H](Nc1nc(N)ncc1-c1cccc(C=O)c1)c1cc2cccc(Cl)c2c(=O)n1-c1ccccc1.C[C@H](Nc1nc(N)ncc1Br)c1cc2cccc(Cl)c2c(=O)n1-c1ccccc1.O=Cc1cccc(B(O)O)c1. The van der Waals surface area contributed by atoms with Crippen molar-refractivity contribution in [2.24, 2.45) is 0 Å². The Morgan fingerprint density at radius 1 is 0.592 bits per heavy atom. The first-order valence-corrected chi connectivity index (χ1v) is 24.9. The molecule has 0 unspecified atom stereocenters. The second kappa shape index (κ2) is 24.2. The lowest BCUT2D eigenvalue weighted by Gasteiger charge is -2.22. The summed E-state index contributed by atoms with van der Waals surface area (Å²) in [5.74, 6) is 1.29. The minimum absolute atomic E-state index is 0.103. The fourth-order valence-electron chi connectivity index (χ4n) is 8.33. The Bertz CT molecular complexity index is 3870. The van der Waals surface area contributed by atoms with Gasteiger partial charge in [0.1, 0.15) is 24.2 Å². The van der Waals surface area contributed by atoms with E-state index in [1.165, 1.54) is 12.1 Å². The zero-order valence-corrected chi connectivity index (χ0v) is 43.6. The van der Waals surface area contributed by atoms with Crippen LogP contribution in [0.5, 0.6) is 0 Å². The number of nitrogens with zero attached hydrogens (tertiary/aromatic N) is 6. The number of anilines is 4. The van der Waals surface area contributed by atoms with Gasteiger partial charge in [-0.3, -0.25) is 28.3 Å². The fraction of sp³-hybridized carbons (Fsp3) is 0.0714. The number of fused-ring (bicyclic) bond motifs is 2. The molecule has 4 heterocycles. The highest BCUT2D eigenvalue weighted by molar-refractivity contribution is 9.10. The molecule has 10 rings (SSSR count). The lowest BCUT2D eigenvalue weighted by Crippen LogP contribution is -2.29. The molecule has 0 bridgehead atoms. The molecule has 10 aromatic rings. The van der Waals surface area contributed by atoms with Crippen LogP contribution in [0, 0.1) is 0 Å². The standard InChI is InChI=1S/C28H22ClN5O2.C21H17BrClN5O.C7H7BO3/c1-17(32-26-22(15-31-28(30)33-26)19-8-5-7-18(13-19)16-35)24-14-20-9-6-12-23(29)25(20)27(36)34(24)21-10-3-2-4-11-21;1-12(26-19-15(22)11-25-21(24)27-19)17-10-13-6-5-9-16(23)18(13)20(29)28(17)14-7-3-2-4-8-14;9-5-6-2-1-3-7(4-6)8(10)11/h2-17H,1H3,(H3,30,31,32,33);2-12H,1H3,(H3,24,25,26,27);1-5,10-11H/t17-;12-;/m00./s1. The Labute approximate surface area is 454 Å². The molecule has 380 valence electrons. The van der Waals surface area contributed by atoms with E-state index in [1.807, 2.05) is 117 Å². The Hall–Kier alpha value is -8.52. The van der Waals surface area contributed by atoms with Gasteiger partial charge in [0.2, 0.25) is 11.9 Å². The van der Waals surface area contributed by atoms with E-state index in [2.05, 4.69) is 46.5 Å². The molecule has 16 nitrogen and oxygen atoms in total. The highest BCUT2D eigenvalue weighted by Crippen LogP contribution is 2.33. The van der Waals surface area contributed by atoms with Crippen LogP contribution >= 0.6 is 39.1 Å². The fourth-order valence-corrected chi connectivity index (χ4v) is 9.16. The number of nitrogens with two attached hydrogens (primary N) is 2. The molecule has 0 amide bonds. The molecule has 0 aliphatic carbocycles. The maximum absolute atomic E-state index is 13.7. The van der Waals surface area contributed by atoms with Crippen molar-refractivity contribution in [3.8, 4) is 22.5 Å². The van der Waals surface area contributed by atoms with E-state index < -0.39 is 7.12 Å². The van der Waals surface area contributed by atoms with Crippen molar-refractivity contribution in [2.75, 3.05) is 22.1 Å². The summed E-state index contributed by atoms with van der Waals surface area (Å²) in [6.07, 6.45) is 4.65. The molecule has 0 radical (unpaired) electrons. The van der Waals surface area contributed by atoms with E-state index >= 15 is 0 Å². The van der Waals surface area contributed by atoms with Crippen LogP contribution in [0.4, 0.5) is 23.5 Å². The molecule has 20 heteroatoms. The van der Waals surface area contributed by atoms with E-state index in [0.29, 0.717) is 76.7 Å². The van der Waals surface area contributed by atoms with E-state index in [9.17, 15) is 19.2 Å². The van der Waals surface area contributed by atoms with Crippen LogP contribution in [0.25, 0.3) is 44.0 Å². The Morgan fingerprint density at radius 3 is 1.57 bits per heavy atom. The molecule has 0 aliphatic heterocycles. The number of aromatic nitrogens is 6. The second-order valence-corrected chi connectivity index (χ2v) is 18.7. The summed E-state index contributed by atoms with van der Waals surface area (Å²) in [5.41, 5.74) is 17.0. The zero-order chi connectivity index (χ0) is 54.0. The highest BCUT2D eigenvalue weighted by Gasteiger charge is 2.22. The van der Waals surface area contributed by atoms with Crippen molar-refractivity contribution >= 4 is 109 Å². The number of hydrogen-bond acceptors (Lipinski definition) is 14. The third-order valence-corrected chi connectivity index (χ3v) is 13.1. The maximum atomic E-state index is 13.7. The number of pyridine rings is 2. The number of aldehydes is 2. The van der Waals surface area contributed by atoms with Crippen LogP contribution < -0.4 is 38.7 Å². The summed E-state index contributed by atoms with van der Waals surface area (Å²) in [7, 11) is -1.50. The van der Waals surface area contributed by atoms with Gasteiger partial charge in [0.05, 0.1) is 37.4 Å². The summed E-state index contributed by atoms with van der Waals surface area (Å²) in [5, 5.41) is 27.4. The lowest BCUT2D eigenvalue weighted by atomic mass is 9.80. The number of rotatable bonds is 12. The maximum Gasteiger partial charge on any atom is 0.488 e. The molecule has 0 saturated heterocycles. The monoisotopic (exact) mass is 1110 g/mol. The molecule has 4 aromatic heterocycles. The quantitative estimate of drug-likeness (QED) is 0.0493. The van der Waals surface area contributed by atoms with Crippen molar-refractivity contribution in [2.45, 2.75) is 25.9 Å². The molecule has 76 heavy (non-hydrogen) atoms. The number of benzene rings is 6. The van der Waals surface area contributed by atoms with Crippen LogP contribution in [0.3, 0.4) is 0 Å². The van der Waals surface area contributed by atoms with Crippen molar-refractivity contribution < 1.29 is 19.6 Å². The van der Waals surface area contributed by atoms with Gasteiger partial charge in [-0.1, -0.05) is 126 Å². The van der Waals surface area contributed by atoms with E-state index in [-0.39, 0.29) is 35.1 Å². The Kier molecular flexibility index (Phi) is 17.1. The van der Waals surface area contributed by atoms with Crippen molar-refractivity contribution in [3.63, 3.8) is 0 Å². The number of nitrogens with one attached hydrogen (secondary N) is 2. The van der Waals surface area contributed by atoms with Crippen LogP contribution in [0.15, 0.2) is 184 Å². The normalized spacial score (nSPS) is 11.6. The molecule has 8 N–H and O–H groups in total. The molecule has 2 atom stereocenters. The van der Waals surface area contributed by atoms with Crippen LogP contribution in [0.1, 0.15) is 58.0 Å². The van der Waals surface area contributed by atoms with Gasteiger partial charge in [0.15, 0.2) is 0 Å². The predicted octanol–water partition coefficient (Wildman–Crippen LogP) is 9.80. The van der Waals surface area contributed by atoms with E-state index in [4.69, 9.17) is 44.7 Å². The van der Waals surface area contributed by atoms with Crippen LogP contribution in [-0.2, 0) is 0 Å². The van der Waals surface area contributed by atoms with Gasteiger partial charge in [-0.2, -0.15) is 9.97 Å². The average molecular weight is 1120 g/mol. The van der Waals surface area contributed by atoms with Gasteiger partial charge in [-0.15, -0.1) is 0 Å². The van der Waals surface area contributed by atoms with Gasteiger partial charge >= 0.3 is 7.12 Å². The van der Waals surface area contributed by atoms with E-state index in [0.717, 1.165) is 34.0 Å². The minimum Gasteiger partial charge on any atom is -0.423 e. The van der Waals surface area contributed by atoms with Gasteiger partial charge in [-0.25, -0.2) is 9.97 Å².